The van der Waals surface area contributed by atoms with Crippen LogP contribution >= 0.6 is 11.6 Å². The third kappa shape index (κ3) is 2.74. The number of hydrogen-bond donors (Lipinski definition) is 0. The molecule has 2 rings (SSSR count). The molecule has 1 saturated heterocycles. The number of sulfonamides is 1. The van der Waals surface area contributed by atoms with Crippen LogP contribution in [-0.2, 0) is 21.3 Å². The number of nitrogens with zero attached hydrogens (tertiary/aromatic N) is 1. The van der Waals surface area contributed by atoms with Gasteiger partial charge in [-0.1, -0.05) is 23.7 Å². The molecule has 0 unspecified atom stereocenters. The van der Waals surface area contributed by atoms with Crippen LogP contribution in [0.3, 0.4) is 0 Å². The summed E-state index contributed by atoms with van der Waals surface area (Å²) in [6.45, 7) is 1.24. The van der Waals surface area contributed by atoms with E-state index in [2.05, 4.69) is 0 Å². The summed E-state index contributed by atoms with van der Waals surface area (Å²) in [5, 5.41) is 0.647. The maximum absolute atomic E-state index is 11.6. The van der Waals surface area contributed by atoms with Gasteiger partial charge in [0, 0.05) is 18.1 Å². The zero-order valence-electron chi connectivity index (χ0n) is 8.60. The van der Waals surface area contributed by atoms with Gasteiger partial charge in [0.1, 0.15) is 0 Å². The van der Waals surface area contributed by atoms with E-state index in [0.717, 1.165) is 5.56 Å². The first-order valence-corrected chi connectivity index (χ1v) is 6.87. The molecule has 0 bridgehead atoms. The molecule has 1 aliphatic rings. The average Bonchev–Trinajstić information content (AvgIpc) is 2.24. The lowest BCUT2D eigenvalue weighted by Gasteiger charge is -2.26. The maximum atomic E-state index is 11.6. The Hall–Kier alpha value is -0.620. The second kappa shape index (κ2) is 4.71. The Kier molecular flexibility index (Phi) is 3.49. The number of rotatable bonds is 2. The fourth-order valence-electron chi connectivity index (χ4n) is 1.52. The van der Waals surface area contributed by atoms with Crippen molar-refractivity contribution < 1.29 is 13.2 Å². The van der Waals surface area contributed by atoms with Gasteiger partial charge >= 0.3 is 0 Å². The maximum Gasteiger partial charge on any atom is 0.238 e. The standard InChI is InChI=1S/C10H12ClNO3S/c11-10-3-1-9(2-4-10)7-12-5-6-15-8-16(12,13)14/h1-4H,5-8H2. The summed E-state index contributed by atoms with van der Waals surface area (Å²) < 4.78 is 29.6. The molecule has 1 aromatic rings. The van der Waals surface area contributed by atoms with Crippen LogP contribution in [0.25, 0.3) is 0 Å². The van der Waals surface area contributed by atoms with Gasteiger partial charge in [0.05, 0.1) is 6.61 Å². The van der Waals surface area contributed by atoms with E-state index in [1.54, 1.807) is 12.1 Å². The smallest absolute Gasteiger partial charge is 0.238 e. The molecule has 0 atom stereocenters. The van der Waals surface area contributed by atoms with Crippen molar-refractivity contribution >= 4 is 21.6 Å². The zero-order chi connectivity index (χ0) is 11.6. The highest BCUT2D eigenvalue weighted by Gasteiger charge is 2.26. The van der Waals surface area contributed by atoms with E-state index in [9.17, 15) is 8.42 Å². The average molecular weight is 262 g/mol. The molecule has 1 fully saturated rings. The minimum atomic E-state index is -3.25. The first-order valence-electron chi connectivity index (χ1n) is 4.88. The van der Waals surface area contributed by atoms with Crippen molar-refractivity contribution in [3.05, 3.63) is 34.9 Å². The summed E-state index contributed by atoms with van der Waals surface area (Å²) in [4.78, 5) is 0. The molecular weight excluding hydrogens is 250 g/mol. The van der Waals surface area contributed by atoms with Crippen LogP contribution in [0.15, 0.2) is 24.3 Å². The van der Waals surface area contributed by atoms with Crippen LogP contribution in [0.5, 0.6) is 0 Å². The summed E-state index contributed by atoms with van der Waals surface area (Å²) in [5.74, 6) is -0.222. The van der Waals surface area contributed by atoms with Crippen molar-refractivity contribution in [1.82, 2.24) is 4.31 Å². The van der Waals surface area contributed by atoms with Crippen molar-refractivity contribution in [2.24, 2.45) is 0 Å². The Bertz CT molecular complexity index is 457. The van der Waals surface area contributed by atoms with E-state index in [4.69, 9.17) is 16.3 Å². The molecule has 1 aromatic carbocycles. The number of ether oxygens (including phenoxy) is 1. The molecule has 1 heterocycles. The fourth-order valence-corrected chi connectivity index (χ4v) is 2.82. The third-order valence-corrected chi connectivity index (χ3v) is 4.20. The van der Waals surface area contributed by atoms with Gasteiger partial charge in [0.2, 0.25) is 10.0 Å². The molecule has 6 heteroatoms. The molecule has 0 aromatic heterocycles. The zero-order valence-corrected chi connectivity index (χ0v) is 10.2. The third-order valence-electron chi connectivity index (χ3n) is 2.38. The molecule has 0 spiro atoms. The molecule has 88 valence electrons. The van der Waals surface area contributed by atoms with Crippen molar-refractivity contribution in [2.45, 2.75) is 6.54 Å². The summed E-state index contributed by atoms with van der Waals surface area (Å²) in [5.41, 5.74) is 0.926. The first-order chi connectivity index (χ1) is 7.58. The normalized spacial score (nSPS) is 20.8. The van der Waals surface area contributed by atoms with Gasteiger partial charge in [-0.15, -0.1) is 0 Å². The number of halogens is 1. The number of hydrogen-bond acceptors (Lipinski definition) is 3. The van der Waals surface area contributed by atoms with E-state index in [0.29, 0.717) is 24.7 Å². The van der Waals surface area contributed by atoms with Gasteiger partial charge < -0.3 is 4.74 Å². The van der Waals surface area contributed by atoms with E-state index >= 15 is 0 Å². The van der Waals surface area contributed by atoms with Crippen LogP contribution in [0.1, 0.15) is 5.56 Å². The molecule has 0 amide bonds. The lowest BCUT2D eigenvalue weighted by atomic mass is 10.2. The first kappa shape index (κ1) is 11.9. The largest absolute Gasteiger partial charge is 0.363 e. The Morgan fingerprint density at radius 3 is 2.62 bits per heavy atom. The van der Waals surface area contributed by atoms with Crippen molar-refractivity contribution in [3.63, 3.8) is 0 Å². The summed E-state index contributed by atoms with van der Waals surface area (Å²) in [7, 11) is -3.25. The van der Waals surface area contributed by atoms with Crippen LogP contribution < -0.4 is 0 Å². The Labute approximate surface area is 99.8 Å². The highest BCUT2D eigenvalue weighted by atomic mass is 35.5. The van der Waals surface area contributed by atoms with Crippen LogP contribution in [-0.4, -0.2) is 31.8 Å². The van der Waals surface area contributed by atoms with Crippen molar-refractivity contribution in [2.75, 3.05) is 19.1 Å². The highest BCUT2D eigenvalue weighted by molar-refractivity contribution is 7.88. The van der Waals surface area contributed by atoms with Crippen LogP contribution in [0.2, 0.25) is 5.02 Å². The monoisotopic (exact) mass is 261 g/mol. The highest BCUT2D eigenvalue weighted by Crippen LogP contribution is 2.15. The van der Waals surface area contributed by atoms with Gasteiger partial charge in [0.25, 0.3) is 0 Å². The Morgan fingerprint density at radius 1 is 1.31 bits per heavy atom. The lowest BCUT2D eigenvalue weighted by molar-refractivity contribution is 0.130. The molecular formula is C10H12ClNO3S. The van der Waals surface area contributed by atoms with Gasteiger partial charge in [-0.05, 0) is 17.7 Å². The molecule has 0 aliphatic carbocycles. The second-order valence-electron chi connectivity index (χ2n) is 3.60. The summed E-state index contributed by atoms with van der Waals surface area (Å²) in [6, 6.07) is 7.16. The minimum absolute atomic E-state index is 0.222. The van der Waals surface area contributed by atoms with Gasteiger partial charge in [0.15, 0.2) is 5.94 Å². The summed E-state index contributed by atoms with van der Waals surface area (Å²) >= 11 is 5.76. The minimum Gasteiger partial charge on any atom is -0.363 e. The fraction of sp³-hybridized carbons (Fsp3) is 0.400. The second-order valence-corrected chi connectivity index (χ2v) is 5.95. The molecule has 0 N–H and O–H groups in total. The van der Waals surface area contributed by atoms with Gasteiger partial charge in [-0.25, -0.2) is 8.42 Å². The number of benzene rings is 1. The van der Waals surface area contributed by atoms with E-state index in [-0.39, 0.29) is 5.94 Å². The predicted molar refractivity (Wildman–Crippen MR) is 61.6 cm³/mol. The van der Waals surface area contributed by atoms with Crippen LogP contribution in [0.4, 0.5) is 0 Å². The van der Waals surface area contributed by atoms with Gasteiger partial charge in [-0.3, -0.25) is 0 Å². The van der Waals surface area contributed by atoms with E-state index < -0.39 is 10.0 Å². The lowest BCUT2D eigenvalue weighted by Crippen LogP contribution is -2.40. The molecule has 4 nitrogen and oxygen atoms in total. The predicted octanol–water partition coefficient (Wildman–Crippen LogP) is 1.46. The van der Waals surface area contributed by atoms with E-state index in [1.807, 2.05) is 12.1 Å². The van der Waals surface area contributed by atoms with Crippen molar-refractivity contribution in [1.29, 1.82) is 0 Å². The van der Waals surface area contributed by atoms with E-state index in [1.165, 1.54) is 4.31 Å². The SMILES string of the molecule is O=S1(=O)COCCN1Cc1ccc(Cl)cc1. The Morgan fingerprint density at radius 2 is 2.00 bits per heavy atom. The molecule has 0 radical (unpaired) electrons. The molecule has 0 saturated carbocycles. The van der Waals surface area contributed by atoms with Gasteiger partial charge in [-0.2, -0.15) is 4.31 Å². The molecule has 16 heavy (non-hydrogen) atoms. The van der Waals surface area contributed by atoms with Crippen LogP contribution in [0, 0.1) is 0 Å². The Balaban J connectivity index is 2.11. The van der Waals surface area contributed by atoms with Crippen molar-refractivity contribution in [3.8, 4) is 0 Å². The quantitative estimate of drug-likeness (QED) is 0.810. The molecule has 1 aliphatic heterocycles. The summed E-state index contributed by atoms with van der Waals surface area (Å²) in [6.07, 6.45) is 0. The topological polar surface area (TPSA) is 46.6 Å².